The molecule has 10 nitrogen and oxygen atoms in total. The quantitative estimate of drug-likeness (QED) is 0.237. The molecule has 0 unspecified atom stereocenters. The van der Waals surface area contributed by atoms with E-state index < -0.39 is 12.0 Å². The molecule has 2 aromatic carbocycles. The Kier molecular flexibility index (Phi) is 9.49. The van der Waals surface area contributed by atoms with Gasteiger partial charge in [0.15, 0.2) is 34.4 Å². The first-order valence-corrected chi connectivity index (χ1v) is 14.1. The summed E-state index contributed by atoms with van der Waals surface area (Å²) in [5.41, 5.74) is 1.02. The molecule has 0 fully saturated rings. The van der Waals surface area contributed by atoms with Crippen molar-refractivity contribution >= 4 is 46.0 Å². The summed E-state index contributed by atoms with van der Waals surface area (Å²) in [5.74, 6) is 1.22. The second kappa shape index (κ2) is 13.0. The molecular formula is C28H26IN3O7S. The number of halogens is 1. The molecule has 0 spiro atoms. The van der Waals surface area contributed by atoms with Crippen molar-refractivity contribution in [2.75, 3.05) is 34.0 Å². The van der Waals surface area contributed by atoms with Crippen LogP contribution < -0.4 is 33.8 Å². The molecular weight excluding hydrogens is 649 g/mol. The standard InChI is InChI=1S/C28H26IN3O7S/c1-5-37-20-8-7-16(12-21(20)38-6-2)24-19(27(34)36-4)15-31-28-32(24)26(33)23(40-28)13-17-11-18(29)14-22(35-3)25(17)39-10-9-30/h7-8,11-15,24H,5-6,10H2,1-4H3/b23-13+/t24-/m0/s1. The van der Waals surface area contributed by atoms with Crippen LogP contribution in [-0.2, 0) is 9.53 Å². The number of hydrogen-bond donors (Lipinski definition) is 0. The molecule has 1 atom stereocenters. The van der Waals surface area contributed by atoms with Gasteiger partial charge in [0.05, 0.1) is 43.6 Å². The molecule has 0 radical (unpaired) electrons. The highest BCUT2D eigenvalue weighted by Gasteiger charge is 2.31. The molecule has 0 bridgehead atoms. The average Bonchev–Trinajstić information content (AvgIpc) is 3.27. The van der Waals surface area contributed by atoms with Gasteiger partial charge in [-0.25, -0.2) is 9.79 Å². The second-order valence-electron chi connectivity index (χ2n) is 8.22. The minimum absolute atomic E-state index is 0.193. The fraction of sp³-hybridized carbons (Fsp3) is 0.286. The van der Waals surface area contributed by atoms with Gasteiger partial charge in [-0.05, 0) is 72.3 Å². The summed E-state index contributed by atoms with van der Waals surface area (Å²) >= 11 is 3.31. The summed E-state index contributed by atoms with van der Waals surface area (Å²) in [6.45, 7) is 4.40. The topological polar surface area (TPSA) is 121 Å². The van der Waals surface area contributed by atoms with Crippen LogP contribution in [0, 0.1) is 14.9 Å². The lowest BCUT2D eigenvalue weighted by molar-refractivity contribution is -0.136. The first-order chi connectivity index (χ1) is 19.4. The number of fused-ring (bicyclic) bond motifs is 1. The van der Waals surface area contributed by atoms with Gasteiger partial charge in [0.25, 0.3) is 5.56 Å². The Morgan fingerprint density at radius 1 is 1.12 bits per heavy atom. The van der Waals surface area contributed by atoms with Crippen LogP contribution in [-0.4, -0.2) is 44.6 Å². The Morgan fingerprint density at radius 3 is 2.55 bits per heavy atom. The zero-order valence-corrected chi connectivity index (χ0v) is 25.2. The summed E-state index contributed by atoms with van der Waals surface area (Å²) in [6.07, 6.45) is 3.10. The highest BCUT2D eigenvalue weighted by atomic mass is 127. The Morgan fingerprint density at radius 2 is 1.88 bits per heavy atom. The van der Waals surface area contributed by atoms with Gasteiger partial charge in [0.2, 0.25) is 0 Å². The number of methoxy groups -OCH3 is 2. The number of nitrogens with zero attached hydrogens (tertiary/aromatic N) is 3. The van der Waals surface area contributed by atoms with E-state index in [0.29, 0.717) is 56.7 Å². The summed E-state index contributed by atoms with van der Waals surface area (Å²) < 4.78 is 30.3. The largest absolute Gasteiger partial charge is 0.493 e. The number of ether oxygens (including phenoxy) is 5. The molecule has 208 valence electrons. The lowest BCUT2D eigenvalue weighted by atomic mass is 9.97. The Hall–Kier alpha value is -3.83. The fourth-order valence-electron chi connectivity index (χ4n) is 4.24. The van der Waals surface area contributed by atoms with Crippen molar-refractivity contribution in [3.05, 3.63) is 76.5 Å². The Balaban J connectivity index is 1.94. The highest BCUT2D eigenvalue weighted by molar-refractivity contribution is 14.1. The smallest absolute Gasteiger partial charge is 0.337 e. The SMILES string of the molecule is CCOc1ccc([C@H]2C(C(=O)OC)=CN=c3s/c(=C/c4cc(I)cc(OC)c4OCC#N)c(=O)n32)cc1OCC. The number of rotatable bonds is 10. The van der Waals surface area contributed by atoms with Crippen molar-refractivity contribution in [2.24, 2.45) is 4.99 Å². The van der Waals surface area contributed by atoms with E-state index in [1.165, 1.54) is 36.3 Å². The van der Waals surface area contributed by atoms with E-state index >= 15 is 0 Å². The molecule has 0 N–H and O–H groups in total. The summed E-state index contributed by atoms with van der Waals surface area (Å²) in [5, 5.41) is 9.06. The summed E-state index contributed by atoms with van der Waals surface area (Å²) in [7, 11) is 2.78. The summed E-state index contributed by atoms with van der Waals surface area (Å²) in [6, 6.07) is 10.0. The van der Waals surface area contributed by atoms with Crippen molar-refractivity contribution in [3.63, 3.8) is 0 Å². The summed E-state index contributed by atoms with van der Waals surface area (Å²) in [4.78, 5) is 31.6. The van der Waals surface area contributed by atoms with Gasteiger partial charge in [0.1, 0.15) is 6.07 Å². The van der Waals surface area contributed by atoms with Crippen LogP contribution in [0.2, 0.25) is 0 Å². The third-order valence-corrected chi connectivity index (χ3v) is 7.46. The number of nitriles is 1. The van der Waals surface area contributed by atoms with Gasteiger partial charge < -0.3 is 23.7 Å². The molecule has 0 saturated carbocycles. The van der Waals surface area contributed by atoms with Crippen molar-refractivity contribution in [1.82, 2.24) is 4.57 Å². The highest BCUT2D eigenvalue weighted by Crippen LogP contribution is 2.36. The molecule has 1 aliphatic rings. The van der Waals surface area contributed by atoms with Crippen molar-refractivity contribution in [1.29, 1.82) is 5.26 Å². The van der Waals surface area contributed by atoms with Gasteiger partial charge in [0, 0.05) is 15.3 Å². The van der Waals surface area contributed by atoms with Crippen LogP contribution in [0.4, 0.5) is 0 Å². The van der Waals surface area contributed by atoms with Crippen LogP contribution in [0.1, 0.15) is 31.0 Å². The maximum absolute atomic E-state index is 13.9. The molecule has 0 saturated heterocycles. The van der Waals surface area contributed by atoms with Crippen LogP contribution in [0.25, 0.3) is 6.08 Å². The monoisotopic (exact) mass is 675 g/mol. The van der Waals surface area contributed by atoms with E-state index in [9.17, 15) is 9.59 Å². The molecule has 2 heterocycles. The number of carbonyl (C=O) groups is 1. The van der Waals surface area contributed by atoms with Gasteiger partial charge in [-0.1, -0.05) is 17.4 Å². The van der Waals surface area contributed by atoms with E-state index in [0.717, 1.165) is 3.57 Å². The fourth-order valence-corrected chi connectivity index (χ4v) is 5.81. The first-order valence-electron chi connectivity index (χ1n) is 12.2. The maximum Gasteiger partial charge on any atom is 0.337 e. The third kappa shape index (κ3) is 5.85. The van der Waals surface area contributed by atoms with Gasteiger partial charge in [-0.2, -0.15) is 5.26 Å². The molecule has 0 aliphatic carbocycles. The average molecular weight is 676 g/mol. The maximum atomic E-state index is 13.9. The molecule has 1 aliphatic heterocycles. The Bertz CT molecular complexity index is 1690. The van der Waals surface area contributed by atoms with Crippen LogP contribution >= 0.6 is 33.9 Å². The minimum atomic E-state index is -0.819. The zero-order valence-electron chi connectivity index (χ0n) is 22.2. The Labute approximate surface area is 247 Å². The van der Waals surface area contributed by atoms with Gasteiger partial charge >= 0.3 is 5.97 Å². The predicted octanol–water partition coefficient (Wildman–Crippen LogP) is 3.33. The van der Waals surface area contributed by atoms with Gasteiger partial charge in [-0.3, -0.25) is 9.36 Å². The van der Waals surface area contributed by atoms with E-state index in [1.54, 1.807) is 30.3 Å². The van der Waals surface area contributed by atoms with E-state index in [2.05, 4.69) is 27.6 Å². The van der Waals surface area contributed by atoms with Crippen molar-refractivity contribution < 1.29 is 28.5 Å². The molecule has 4 rings (SSSR count). The lowest BCUT2D eigenvalue weighted by Gasteiger charge is -2.23. The predicted molar refractivity (Wildman–Crippen MR) is 157 cm³/mol. The van der Waals surface area contributed by atoms with Crippen LogP contribution in [0.3, 0.4) is 0 Å². The van der Waals surface area contributed by atoms with Gasteiger partial charge in [-0.15, -0.1) is 0 Å². The number of esters is 1. The number of thiazole rings is 1. The van der Waals surface area contributed by atoms with E-state index in [-0.39, 0.29) is 17.7 Å². The minimum Gasteiger partial charge on any atom is -0.493 e. The number of aromatic nitrogens is 1. The molecule has 12 heteroatoms. The molecule has 0 amide bonds. The van der Waals surface area contributed by atoms with Crippen molar-refractivity contribution in [2.45, 2.75) is 19.9 Å². The number of benzene rings is 2. The molecule has 1 aromatic heterocycles. The van der Waals surface area contributed by atoms with Crippen LogP contribution in [0.5, 0.6) is 23.0 Å². The van der Waals surface area contributed by atoms with Crippen LogP contribution in [0.15, 0.2) is 51.9 Å². The third-order valence-electron chi connectivity index (χ3n) is 5.84. The normalized spacial score (nSPS) is 14.3. The second-order valence-corrected chi connectivity index (χ2v) is 10.5. The first kappa shape index (κ1) is 29.2. The number of carbonyl (C=O) groups excluding carboxylic acids is 1. The zero-order chi connectivity index (χ0) is 28.8. The number of hydrogen-bond acceptors (Lipinski definition) is 10. The lowest BCUT2D eigenvalue weighted by Crippen LogP contribution is -2.39. The van der Waals surface area contributed by atoms with E-state index in [4.69, 9.17) is 28.9 Å². The molecule has 40 heavy (non-hydrogen) atoms. The van der Waals surface area contributed by atoms with Crippen molar-refractivity contribution in [3.8, 4) is 29.1 Å². The molecule has 3 aromatic rings. The van der Waals surface area contributed by atoms with E-state index in [1.807, 2.05) is 26.0 Å².